The van der Waals surface area contributed by atoms with Crippen LogP contribution in [0.15, 0.2) is 91.0 Å². The summed E-state index contributed by atoms with van der Waals surface area (Å²) in [6.07, 6.45) is 0. The standard InChI is InChI=1S/C20H22P2/c1-22(2,20-16-10-5-11-17-20)21(18-12-6-3-7-13-18)19-14-8-4-9-15-19/h3-17,22H,1-2H3. The molecule has 3 aromatic carbocycles. The van der Waals surface area contributed by atoms with Crippen molar-refractivity contribution in [2.75, 3.05) is 13.3 Å². The summed E-state index contributed by atoms with van der Waals surface area (Å²) in [6, 6.07) is 33.2. The van der Waals surface area contributed by atoms with Crippen LogP contribution in [-0.4, -0.2) is 13.3 Å². The fourth-order valence-electron chi connectivity index (χ4n) is 2.92. The first-order valence-corrected chi connectivity index (χ1v) is 12.8. The maximum absolute atomic E-state index is 2.51. The molecule has 22 heavy (non-hydrogen) atoms. The summed E-state index contributed by atoms with van der Waals surface area (Å²) in [6.45, 7) is 3.39. The molecule has 0 fully saturated rings. The van der Waals surface area contributed by atoms with Gasteiger partial charge in [0.1, 0.15) is 0 Å². The van der Waals surface area contributed by atoms with Crippen molar-refractivity contribution >= 4 is 30.5 Å². The Labute approximate surface area is 135 Å². The molecule has 0 aliphatic carbocycles. The Morgan fingerprint density at radius 3 is 1.32 bits per heavy atom. The van der Waals surface area contributed by atoms with Gasteiger partial charge in [-0.2, -0.15) is 0 Å². The zero-order valence-electron chi connectivity index (χ0n) is 13.1. The van der Waals surface area contributed by atoms with Gasteiger partial charge in [-0.15, -0.1) is 0 Å². The average Bonchev–Trinajstić information content (AvgIpc) is 2.58. The molecule has 0 spiro atoms. The maximum atomic E-state index is 2.51. The first-order valence-electron chi connectivity index (χ1n) is 7.65. The molecule has 112 valence electrons. The van der Waals surface area contributed by atoms with E-state index in [9.17, 15) is 0 Å². The van der Waals surface area contributed by atoms with Gasteiger partial charge in [-0.25, -0.2) is 0 Å². The molecular weight excluding hydrogens is 302 g/mol. The number of hydrogen-bond acceptors (Lipinski definition) is 0. The van der Waals surface area contributed by atoms with Gasteiger partial charge in [0.05, 0.1) is 0 Å². The third kappa shape index (κ3) is 3.14. The van der Waals surface area contributed by atoms with Gasteiger partial charge >= 0.3 is 135 Å². The molecule has 0 N–H and O–H groups in total. The Hall–Kier alpha value is -1.48. The average molecular weight is 324 g/mol. The summed E-state index contributed by atoms with van der Waals surface area (Å²) >= 11 is 0. The van der Waals surface area contributed by atoms with Crippen molar-refractivity contribution < 1.29 is 0 Å². The van der Waals surface area contributed by atoms with Crippen LogP contribution in [0.3, 0.4) is 0 Å². The van der Waals surface area contributed by atoms with Crippen LogP contribution in [0.25, 0.3) is 0 Å². The van der Waals surface area contributed by atoms with Gasteiger partial charge in [0.25, 0.3) is 0 Å². The van der Waals surface area contributed by atoms with E-state index < -0.39 is 6.95 Å². The molecule has 0 amide bonds. The van der Waals surface area contributed by atoms with Crippen LogP contribution in [0, 0.1) is 0 Å². The molecule has 0 saturated heterocycles. The second-order valence-electron chi connectivity index (χ2n) is 5.93. The van der Waals surface area contributed by atoms with Gasteiger partial charge in [0.15, 0.2) is 0 Å². The molecule has 0 aliphatic rings. The first-order chi connectivity index (χ1) is 10.7. The van der Waals surface area contributed by atoms with E-state index in [4.69, 9.17) is 0 Å². The van der Waals surface area contributed by atoms with E-state index in [1.54, 1.807) is 0 Å². The third-order valence-corrected chi connectivity index (χ3v) is 14.2. The fourth-order valence-corrected chi connectivity index (χ4v) is 12.7. The molecular formula is C20H22P2. The summed E-state index contributed by atoms with van der Waals surface area (Å²) < 4.78 is 0. The van der Waals surface area contributed by atoms with Gasteiger partial charge < -0.3 is 0 Å². The topological polar surface area (TPSA) is 0 Å². The first kappa shape index (κ1) is 15.4. The molecule has 0 aromatic heterocycles. The van der Waals surface area contributed by atoms with Gasteiger partial charge in [-0.3, -0.25) is 0 Å². The summed E-state index contributed by atoms with van der Waals surface area (Å²) in [4.78, 5) is 0. The minimum absolute atomic E-state index is 0.332. The molecule has 0 bridgehead atoms. The van der Waals surface area contributed by atoms with Crippen molar-refractivity contribution in [1.29, 1.82) is 0 Å². The van der Waals surface area contributed by atoms with E-state index in [0.717, 1.165) is 0 Å². The van der Waals surface area contributed by atoms with Crippen molar-refractivity contribution in [2.45, 2.75) is 0 Å². The molecule has 0 atom stereocenters. The van der Waals surface area contributed by atoms with E-state index in [1.807, 2.05) is 0 Å². The second-order valence-corrected chi connectivity index (χ2v) is 16.0. The Morgan fingerprint density at radius 2 is 0.909 bits per heavy atom. The zero-order valence-corrected chi connectivity index (χ0v) is 15.0. The van der Waals surface area contributed by atoms with Gasteiger partial charge in [-0.1, -0.05) is 0 Å². The van der Waals surface area contributed by atoms with E-state index in [0.29, 0.717) is 0 Å². The minimum atomic E-state index is -1.63. The van der Waals surface area contributed by atoms with Gasteiger partial charge in [-0.05, 0) is 0 Å². The summed E-state index contributed by atoms with van der Waals surface area (Å²) in [7, 11) is -0.332. The van der Waals surface area contributed by atoms with Crippen molar-refractivity contribution in [3.8, 4) is 0 Å². The van der Waals surface area contributed by atoms with Crippen LogP contribution in [-0.2, 0) is 0 Å². The van der Waals surface area contributed by atoms with Crippen LogP contribution in [0.2, 0.25) is 0 Å². The molecule has 3 rings (SSSR count). The number of benzene rings is 3. The molecule has 0 radical (unpaired) electrons. The molecule has 3 aromatic rings. The van der Waals surface area contributed by atoms with Crippen molar-refractivity contribution in [1.82, 2.24) is 0 Å². The molecule has 2 heteroatoms. The normalized spacial score (nSPS) is 12.3. The van der Waals surface area contributed by atoms with Crippen LogP contribution in [0.4, 0.5) is 0 Å². The van der Waals surface area contributed by atoms with Crippen LogP contribution in [0.5, 0.6) is 0 Å². The SMILES string of the molecule is C[PH](C)(c1ccccc1)P(c1ccccc1)c1ccccc1. The predicted molar refractivity (Wildman–Crippen MR) is 105 cm³/mol. The van der Waals surface area contributed by atoms with Gasteiger partial charge in [0, 0.05) is 0 Å². The van der Waals surface area contributed by atoms with Crippen molar-refractivity contribution in [3.05, 3.63) is 91.0 Å². The quantitative estimate of drug-likeness (QED) is 0.625. The van der Waals surface area contributed by atoms with Gasteiger partial charge in [0.2, 0.25) is 0 Å². The Morgan fingerprint density at radius 1 is 0.545 bits per heavy atom. The third-order valence-electron chi connectivity index (χ3n) is 4.07. The Bertz CT molecular complexity index is 667. The van der Waals surface area contributed by atoms with Crippen molar-refractivity contribution in [2.24, 2.45) is 0 Å². The molecule has 0 unspecified atom stereocenters. The monoisotopic (exact) mass is 324 g/mol. The molecule has 0 nitrogen and oxygen atoms in total. The summed E-state index contributed by atoms with van der Waals surface area (Å²) in [5.74, 6) is 0. The zero-order chi connectivity index (χ0) is 15.4. The number of rotatable bonds is 4. The summed E-state index contributed by atoms with van der Waals surface area (Å²) in [5.41, 5.74) is 0. The number of hydrogen-bond donors (Lipinski definition) is 0. The van der Waals surface area contributed by atoms with Crippen molar-refractivity contribution in [3.63, 3.8) is 0 Å². The molecule has 0 aliphatic heterocycles. The fraction of sp³-hybridized carbons (Fsp3) is 0.100. The van der Waals surface area contributed by atoms with Crippen LogP contribution >= 0.6 is 14.6 Å². The Kier molecular flexibility index (Phi) is 4.72. The predicted octanol–water partition coefficient (Wildman–Crippen LogP) is 4.37. The second kappa shape index (κ2) is 6.74. The molecule has 0 saturated carbocycles. The van der Waals surface area contributed by atoms with E-state index in [2.05, 4.69) is 104 Å². The Balaban J connectivity index is 2.14. The summed E-state index contributed by atoms with van der Waals surface area (Å²) in [5, 5.41) is 4.52. The van der Waals surface area contributed by atoms with E-state index in [1.165, 1.54) is 15.9 Å². The van der Waals surface area contributed by atoms with E-state index in [-0.39, 0.29) is 7.61 Å². The van der Waals surface area contributed by atoms with E-state index >= 15 is 0 Å². The van der Waals surface area contributed by atoms with Crippen LogP contribution in [0.1, 0.15) is 0 Å². The molecule has 0 heterocycles. The van der Waals surface area contributed by atoms with Crippen LogP contribution < -0.4 is 15.9 Å².